The zero-order valence-corrected chi connectivity index (χ0v) is 7.93. The first-order valence-corrected chi connectivity index (χ1v) is 4.46. The molecule has 0 saturated heterocycles. The number of hydrogen-bond acceptors (Lipinski definition) is 1. The van der Waals surface area contributed by atoms with Gasteiger partial charge in [-0.15, -0.1) is 0 Å². The molecule has 0 radical (unpaired) electrons. The van der Waals surface area contributed by atoms with E-state index in [1.807, 2.05) is 6.08 Å². The molecule has 66 valence electrons. The molecule has 0 aliphatic carbocycles. The molecule has 0 aromatic carbocycles. The topological polar surface area (TPSA) is 20.2 Å². The third kappa shape index (κ3) is 9.70. The molecule has 0 fully saturated rings. The van der Waals surface area contributed by atoms with Gasteiger partial charge in [0.25, 0.3) is 0 Å². The van der Waals surface area contributed by atoms with Gasteiger partial charge in [0.2, 0.25) is 0 Å². The molecule has 1 nitrogen and oxygen atoms in total. The van der Waals surface area contributed by atoms with Gasteiger partial charge < -0.3 is 5.11 Å². The van der Waals surface area contributed by atoms with Gasteiger partial charge in [0.05, 0.1) is 5.60 Å². The van der Waals surface area contributed by atoms with Gasteiger partial charge in [0, 0.05) is 0 Å². The first-order valence-electron chi connectivity index (χ1n) is 4.46. The van der Waals surface area contributed by atoms with Gasteiger partial charge in [-0.2, -0.15) is 0 Å². The Hall–Kier alpha value is -0.300. The highest BCUT2D eigenvalue weighted by atomic mass is 16.3. The number of rotatable bonds is 5. The fourth-order valence-electron chi connectivity index (χ4n) is 0.884. The molecule has 0 aliphatic heterocycles. The lowest BCUT2D eigenvalue weighted by Crippen LogP contribution is -2.13. The average Bonchev–Trinajstić information content (AvgIpc) is 1.85. The predicted octanol–water partition coefficient (Wildman–Crippen LogP) is 2.89. The molecule has 0 aliphatic rings. The summed E-state index contributed by atoms with van der Waals surface area (Å²) in [4.78, 5) is 0. The summed E-state index contributed by atoms with van der Waals surface area (Å²) in [6, 6.07) is 0. The van der Waals surface area contributed by atoms with Crippen LogP contribution in [0.4, 0.5) is 0 Å². The SMILES string of the molecule is CCCCC/C=C/C(C)(C)O. The Morgan fingerprint density at radius 2 is 1.91 bits per heavy atom. The van der Waals surface area contributed by atoms with Gasteiger partial charge in [-0.25, -0.2) is 0 Å². The highest BCUT2D eigenvalue weighted by molar-refractivity contribution is 4.94. The highest BCUT2D eigenvalue weighted by Gasteiger charge is 2.04. The minimum Gasteiger partial charge on any atom is -0.386 e. The van der Waals surface area contributed by atoms with E-state index in [4.69, 9.17) is 0 Å². The molecule has 0 heterocycles. The van der Waals surface area contributed by atoms with E-state index >= 15 is 0 Å². The second-order valence-corrected chi connectivity index (χ2v) is 3.55. The van der Waals surface area contributed by atoms with E-state index < -0.39 is 5.60 Å². The zero-order chi connectivity index (χ0) is 8.74. The Balaban J connectivity index is 3.30. The quantitative estimate of drug-likeness (QED) is 0.479. The van der Waals surface area contributed by atoms with Crippen molar-refractivity contribution >= 4 is 0 Å². The van der Waals surface area contributed by atoms with Crippen molar-refractivity contribution in [2.24, 2.45) is 0 Å². The van der Waals surface area contributed by atoms with Crippen LogP contribution < -0.4 is 0 Å². The monoisotopic (exact) mass is 156 g/mol. The smallest absolute Gasteiger partial charge is 0.0771 e. The van der Waals surface area contributed by atoms with Crippen LogP contribution in [0, 0.1) is 0 Å². The third-order valence-corrected chi connectivity index (χ3v) is 1.50. The average molecular weight is 156 g/mol. The van der Waals surface area contributed by atoms with Crippen LogP contribution in [0.1, 0.15) is 46.5 Å². The maximum atomic E-state index is 9.29. The molecule has 11 heavy (non-hydrogen) atoms. The van der Waals surface area contributed by atoms with Gasteiger partial charge in [-0.1, -0.05) is 31.9 Å². The van der Waals surface area contributed by atoms with Gasteiger partial charge in [0.1, 0.15) is 0 Å². The van der Waals surface area contributed by atoms with Crippen molar-refractivity contribution < 1.29 is 5.11 Å². The van der Waals surface area contributed by atoms with E-state index in [-0.39, 0.29) is 0 Å². The summed E-state index contributed by atoms with van der Waals surface area (Å²) in [7, 11) is 0. The first kappa shape index (κ1) is 10.7. The minimum atomic E-state index is -0.633. The number of aliphatic hydroxyl groups is 1. The van der Waals surface area contributed by atoms with Gasteiger partial charge in [-0.05, 0) is 26.7 Å². The Morgan fingerprint density at radius 1 is 1.27 bits per heavy atom. The van der Waals surface area contributed by atoms with E-state index in [0.29, 0.717) is 0 Å². The third-order valence-electron chi connectivity index (χ3n) is 1.50. The first-order chi connectivity index (χ1) is 5.06. The number of allylic oxidation sites excluding steroid dienone is 1. The summed E-state index contributed by atoms with van der Waals surface area (Å²) in [5.74, 6) is 0. The van der Waals surface area contributed by atoms with Crippen LogP contribution in [-0.2, 0) is 0 Å². The molecular weight excluding hydrogens is 136 g/mol. The van der Waals surface area contributed by atoms with Crippen LogP contribution in [0.25, 0.3) is 0 Å². The summed E-state index contributed by atoms with van der Waals surface area (Å²) >= 11 is 0. The standard InChI is InChI=1S/C10H20O/c1-4-5-6-7-8-9-10(2,3)11/h8-9,11H,4-7H2,1-3H3/b9-8+. The second-order valence-electron chi connectivity index (χ2n) is 3.55. The van der Waals surface area contributed by atoms with Crippen LogP contribution in [0.3, 0.4) is 0 Å². The lowest BCUT2D eigenvalue weighted by Gasteiger charge is -2.09. The zero-order valence-electron chi connectivity index (χ0n) is 7.93. The van der Waals surface area contributed by atoms with E-state index in [0.717, 1.165) is 6.42 Å². The summed E-state index contributed by atoms with van der Waals surface area (Å²) in [6.45, 7) is 5.78. The summed E-state index contributed by atoms with van der Waals surface area (Å²) in [5.41, 5.74) is -0.633. The maximum absolute atomic E-state index is 9.29. The number of hydrogen-bond donors (Lipinski definition) is 1. The van der Waals surface area contributed by atoms with Crippen LogP contribution in [0.5, 0.6) is 0 Å². The minimum absolute atomic E-state index is 0.633. The van der Waals surface area contributed by atoms with Crippen molar-refractivity contribution in [3.8, 4) is 0 Å². The molecule has 1 heteroatoms. The lowest BCUT2D eigenvalue weighted by atomic mass is 10.1. The summed E-state index contributed by atoms with van der Waals surface area (Å²) in [6.07, 6.45) is 8.81. The van der Waals surface area contributed by atoms with Crippen molar-refractivity contribution in [1.82, 2.24) is 0 Å². The van der Waals surface area contributed by atoms with Crippen LogP contribution in [0.2, 0.25) is 0 Å². The highest BCUT2D eigenvalue weighted by Crippen LogP contribution is 2.05. The molecule has 1 N–H and O–H groups in total. The lowest BCUT2D eigenvalue weighted by molar-refractivity contribution is 0.133. The Kier molecular flexibility index (Phi) is 5.22. The van der Waals surface area contributed by atoms with Gasteiger partial charge in [0.15, 0.2) is 0 Å². The number of unbranched alkanes of at least 4 members (excludes halogenated alkanes) is 3. The molecule has 0 rings (SSSR count). The van der Waals surface area contributed by atoms with Gasteiger partial charge >= 0.3 is 0 Å². The van der Waals surface area contributed by atoms with Crippen molar-refractivity contribution in [1.29, 1.82) is 0 Å². The van der Waals surface area contributed by atoms with Crippen molar-refractivity contribution in [3.05, 3.63) is 12.2 Å². The Labute approximate surface area is 70.1 Å². The summed E-state index contributed by atoms with van der Waals surface area (Å²) < 4.78 is 0. The maximum Gasteiger partial charge on any atom is 0.0771 e. The van der Waals surface area contributed by atoms with Crippen LogP contribution in [-0.4, -0.2) is 10.7 Å². The van der Waals surface area contributed by atoms with Crippen molar-refractivity contribution in [2.75, 3.05) is 0 Å². The summed E-state index contributed by atoms with van der Waals surface area (Å²) in [5, 5.41) is 9.29. The van der Waals surface area contributed by atoms with Crippen molar-refractivity contribution in [2.45, 2.75) is 52.1 Å². The van der Waals surface area contributed by atoms with E-state index in [2.05, 4.69) is 13.0 Å². The predicted molar refractivity (Wildman–Crippen MR) is 49.6 cm³/mol. The van der Waals surface area contributed by atoms with Crippen molar-refractivity contribution in [3.63, 3.8) is 0 Å². The second kappa shape index (κ2) is 5.36. The fourth-order valence-corrected chi connectivity index (χ4v) is 0.884. The van der Waals surface area contributed by atoms with Crippen LogP contribution >= 0.6 is 0 Å². The molecule has 0 amide bonds. The Morgan fingerprint density at radius 3 is 2.36 bits per heavy atom. The molecule has 0 aromatic heterocycles. The molecule has 0 spiro atoms. The molecule has 0 aromatic rings. The molecule has 0 bridgehead atoms. The molecule has 0 unspecified atom stereocenters. The van der Waals surface area contributed by atoms with E-state index in [9.17, 15) is 5.11 Å². The largest absolute Gasteiger partial charge is 0.386 e. The Bertz CT molecular complexity index is 109. The molecule has 0 atom stereocenters. The van der Waals surface area contributed by atoms with E-state index in [1.165, 1.54) is 19.3 Å². The van der Waals surface area contributed by atoms with Gasteiger partial charge in [-0.3, -0.25) is 0 Å². The fraction of sp³-hybridized carbons (Fsp3) is 0.800. The van der Waals surface area contributed by atoms with Crippen LogP contribution in [0.15, 0.2) is 12.2 Å². The van der Waals surface area contributed by atoms with E-state index in [1.54, 1.807) is 13.8 Å². The molecule has 0 saturated carbocycles. The molecular formula is C10H20O. The normalized spacial score (nSPS) is 12.7.